The van der Waals surface area contributed by atoms with Gasteiger partial charge in [0.15, 0.2) is 0 Å². The number of benzene rings is 1. The first-order valence-corrected chi connectivity index (χ1v) is 7.13. The lowest BCUT2D eigenvalue weighted by Gasteiger charge is -2.38. The Morgan fingerprint density at radius 1 is 1.28 bits per heavy atom. The summed E-state index contributed by atoms with van der Waals surface area (Å²) in [5.74, 6) is 1.01. The van der Waals surface area contributed by atoms with Crippen LogP contribution in [0.3, 0.4) is 0 Å². The Labute approximate surface area is 109 Å². The molecule has 1 aliphatic carbocycles. The monoisotopic (exact) mass is 246 g/mol. The maximum atomic E-state index is 6.14. The zero-order valence-electron chi connectivity index (χ0n) is 11.2. The minimum atomic E-state index is 0.146. The fourth-order valence-electron chi connectivity index (χ4n) is 3.33. The number of ether oxygens (including phenoxy) is 2. The Balaban J connectivity index is 1.66. The lowest BCUT2D eigenvalue weighted by Crippen LogP contribution is -2.41. The van der Waals surface area contributed by atoms with Gasteiger partial charge in [-0.25, -0.2) is 0 Å². The van der Waals surface area contributed by atoms with Crippen molar-refractivity contribution in [3.8, 4) is 5.75 Å². The van der Waals surface area contributed by atoms with Crippen LogP contribution in [0.25, 0.3) is 0 Å². The summed E-state index contributed by atoms with van der Waals surface area (Å²) in [4.78, 5) is 0. The zero-order chi connectivity index (χ0) is 12.4. The highest BCUT2D eigenvalue weighted by Gasteiger charge is 2.40. The molecular weight excluding hydrogens is 224 g/mol. The third kappa shape index (κ3) is 2.54. The summed E-state index contributed by atoms with van der Waals surface area (Å²) in [6.45, 7) is 2.96. The van der Waals surface area contributed by atoms with Crippen LogP contribution in [0, 0.1) is 6.92 Å². The van der Waals surface area contributed by atoms with Gasteiger partial charge in [-0.2, -0.15) is 0 Å². The summed E-state index contributed by atoms with van der Waals surface area (Å²) >= 11 is 0. The van der Waals surface area contributed by atoms with Gasteiger partial charge in [-0.1, -0.05) is 25.0 Å². The molecule has 1 spiro atoms. The smallest absolute Gasteiger partial charge is 0.119 e. The van der Waals surface area contributed by atoms with E-state index in [1.807, 2.05) is 0 Å². The van der Waals surface area contributed by atoms with E-state index in [1.54, 1.807) is 0 Å². The number of hydrogen-bond donors (Lipinski definition) is 0. The third-order valence-electron chi connectivity index (χ3n) is 4.25. The largest absolute Gasteiger partial charge is 0.490 e. The molecule has 1 aliphatic heterocycles. The molecular formula is C16H22O2. The van der Waals surface area contributed by atoms with E-state index < -0.39 is 0 Å². The van der Waals surface area contributed by atoms with Crippen LogP contribution in [0.5, 0.6) is 5.75 Å². The molecule has 0 aromatic heterocycles. The third-order valence-corrected chi connectivity index (χ3v) is 4.25. The van der Waals surface area contributed by atoms with Gasteiger partial charge in [0.25, 0.3) is 0 Å². The van der Waals surface area contributed by atoms with Gasteiger partial charge in [-0.15, -0.1) is 0 Å². The van der Waals surface area contributed by atoms with E-state index in [-0.39, 0.29) is 5.60 Å². The first-order valence-electron chi connectivity index (χ1n) is 7.13. The minimum absolute atomic E-state index is 0.146. The van der Waals surface area contributed by atoms with Gasteiger partial charge in [0.1, 0.15) is 11.9 Å². The fraction of sp³-hybridized carbons (Fsp3) is 0.625. The molecule has 2 heteroatoms. The summed E-state index contributed by atoms with van der Waals surface area (Å²) in [6, 6.07) is 8.35. The number of rotatable bonds is 2. The Morgan fingerprint density at radius 3 is 2.89 bits per heavy atom. The van der Waals surface area contributed by atoms with E-state index in [4.69, 9.17) is 9.47 Å². The first kappa shape index (κ1) is 12.0. The molecule has 0 N–H and O–H groups in total. The molecule has 1 aromatic rings. The molecule has 2 fully saturated rings. The molecule has 3 rings (SSSR count). The van der Waals surface area contributed by atoms with Crippen molar-refractivity contribution in [3.63, 3.8) is 0 Å². The van der Waals surface area contributed by atoms with Gasteiger partial charge in [-0.3, -0.25) is 0 Å². The van der Waals surface area contributed by atoms with E-state index in [0.29, 0.717) is 6.10 Å². The highest BCUT2D eigenvalue weighted by molar-refractivity contribution is 5.27. The average Bonchev–Trinajstić information content (AvgIpc) is 2.77. The van der Waals surface area contributed by atoms with Gasteiger partial charge < -0.3 is 9.47 Å². The quantitative estimate of drug-likeness (QED) is 0.788. The molecule has 1 atom stereocenters. The van der Waals surface area contributed by atoms with E-state index in [0.717, 1.165) is 25.2 Å². The molecule has 2 nitrogen and oxygen atoms in total. The second-order valence-electron chi connectivity index (χ2n) is 5.79. The maximum Gasteiger partial charge on any atom is 0.119 e. The summed E-state index contributed by atoms with van der Waals surface area (Å²) in [6.07, 6.45) is 7.51. The minimum Gasteiger partial charge on any atom is -0.490 e. The van der Waals surface area contributed by atoms with Crippen LogP contribution in [0.1, 0.15) is 44.1 Å². The molecule has 1 aromatic carbocycles. The Bertz CT molecular complexity index is 407. The first-order chi connectivity index (χ1) is 8.76. The molecule has 1 saturated carbocycles. The second-order valence-corrected chi connectivity index (χ2v) is 5.79. The van der Waals surface area contributed by atoms with E-state index >= 15 is 0 Å². The van der Waals surface area contributed by atoms with Crippen LogP contribution in [0.2, 0.25) is 0 Å². The Morgan fingerprint density at radius 2 is 2.11 bits per heavy atom. The van der Waals surface area contributed by atoms with Crippen molar-refractivity contribution >= 4 is 0 Å². The zero-order valence-corrected chi connectivity index (χ0v) is 11.2. The second kappa shape index (κ2) is 4.93. The van der Waals surface area contributed by atoms with Crippen molar-refractivity contribution in [1.82, 2.24) is 0 Å². The molecule has 0 radical (unpaired) electrons. The van der Waals surface area contributed by atoms with Crippen molar-refractivity contribution < 1.29 is 9.47 Å². The van der Waals surface area contributed by atoms with Gasteiger partial charge in [-0.05, 0) is 37.5 Å². The van der Waals surface area contributed by atoms with Crippen molar-refractivity contribution in [2.24, 2.45) is 0 Å². The van der Waals surface area contributed by atoms with E-state index in [1.165, 1.54) is 31.2 Å². The Hall–Kier alpha value is -1.02. The molecule has 1 unspecified atom stereocenters. The highest BCUT2D eigenvalue weighted by Crippen LogP contribution is 2.40. The van der Waals surface area contributed by atoms with Crippen LogP contribution >= 0.6 is 0 Å². The summed E-state index contributed by atoms with van der Waals surface area (Å²) in [7, 11) is 0. The lowest BCUT2D eigenvalue weighted by atomic mass is 9.90. The van der Waals surface area contributed by atoms with Crippen LogP contribution in [-0.2, 0) is 4.74 Å². The van der Waals surface area contributed by atoms with Crippen molar-refractivity contribution in [2.75, 3.05) is 6.61 Å². The van der Waals surface area contributed by atoms with Crippen LogP contribution in [0.15, 0.2) is 24.3 Å². The predicted molar refractivity (Wildman–Crippen MR) is 72.0 cm³/mol. The molecule has 0 bridgehead atoms. The average molecular weight is 246 g/mol. The lowest BCUT2D eigenvalue weighted by molar-refractivity contribution is -0.108. The predicted octanol–water partition coefficient (Wildman–Crippen LogP) is 3.87. The Kier molecular flexibility index (Phi) is 3.29. The van der Waals surface area contributed by atoms with Crippen molar-refractivity contribution in [1.29, 1.82) is 0 Å². The van der Waals surface area contributed by atoms with Crippen LogP contribution < -0.4 is 4.74 Å². The van der Waals surface area contributed by atoms with Gasteiger partial charge in [0.2, 0.25) is 0 Å². The molecule has 1 saturated heterocycles. The summed E-state index contributed by atoms with van der Waals surface area (Å²) in [5.41, 5.74) is 1.40. The normalized spacial score (nSPS) is 26.4. The van der Waals surface area contributed by atoms with Crippen LogP contribution in [0.4, 0.5) is 0 Å². The number of aryl methyl sites for hydroxylation is 1. The van der Waals surface area contributed by atoms with Crippen LogP contribution in [-0.4, -0.2) is 18.3 Å². The fourth-order valence-corrected chi connectivity index (χ4v) is 3.33. The molecule has 0 amide bonds. The molecule has 18 heavy (non-hydrogen) atoms. The summed E-state index contributed by atoms with van der Waals surface area (Å²) < 4.78 is 12.2. The summed E-state index contributed by atoms with van der Waals surface area (Å²) in [5, 5.41) is 0. The van der Waals surface area contributed by atoms with Gasteiger partial charge in [0, 0.05) is 12.8 Å². The standard InChI is InChI=1S/C16H22O2/c1-13-5-4-6-14(11-13)18-15-7-10-17-16(12-15)8-2-3-9-16/h4-6,11,15H,2-3,7-10,12H2,1H3. The van der Waals surface area contributed by atoms with Crippen molar-refractivity contribution in [2.45, 2.75) is 57.2 Å². The van der Waals surface area contributed by atoms with E-state index in [2.05, 4.69) is 31.2 Å². The topological polar surface area (TPSA) is 18.5 Å². The number of hydrogen-bond acceptors (Lipinski definition) is 2. The van der Waals surface area contributed by atoms with Gasteiger partial charge >= 0.3 is 0 Å². The molecule has 1 heterocycles. The van der Waals surface area contributed by atoms with E-state index in [9.17, 15) is 0 Å². The SMILES string of the molecule is Cc1cccc(OC2CCOC3(CCCC3)C2)c1. The van der Waals surface area contributed by atoms with Gasteiger partial charge in [0.05, 0.1) is 12.2 Å². The molecule has 98 valence electrons. The molecule has 2 aliphatic rings. The van der Waals surface area contributed by atoms with Crippen molar-refractivity contribution in [3.05, 3.63) is 29.8 Å². The highest BCUT2D eigenvalue weighted by atomic mass is 16.5. The maximum absolute atomic E-state index is 6.14.